The number of rotatable bonds is 2. The molecule has 5 nitrogen and oxygen atoms in total. The van der Waals surface area contributed by atoms with Crippen molar-refractivity contribution in [3.8, 4) is 0 Å². The number of nitrogen functional groups attached to an aromatic ring is 1. The first kappa shape index (κ1) is 12.6. The first-order valence-corrected chi connectivity index (χ1v) is 5.67. The maximum absolute atomic E-state index is 11.8. The normalized spacial score (nSPS) is 10.1. The fraction of sp³-hybridized carbons (Fsp3) is 0. The number of anilines is 2. The van der Waals surface area contributed by atoms with Crippen molar-refractivity contribution in [3.63, 3.8) is 0 Å². The Kier molecular flexibility index (Phi) is 3.64. The maximum Gasteiger partial charge on any atom is 0.276 e. The molecule has 0 atom stereocenters. The molecule has 0 bridgehead atoms. The summed E-state index contributed by atoms with van der Waals surface area (Å²) in [6.07, 6.45) is 0. The Morgan fingerprint density at radius 2 is 1.94 bits per heavy atom. The lowest BCUT2D eigenvalue weighted by Crippen LogP contribution is -2.14. The van der Waals surface area contributed by atoms with E-state index in [0.29, 0.717) is 15.7 Å². The molecule has 0 aliphatic rings. The fourth-order valence-electron chi connectivity index (χ4n) is 1.24. The average molecular weight is 283 g/mol. The zero-order valence-corrected chi connectivity index (χ0v) is 10.5. The van der Waals surface area contributed by atoms with E-state index in [9.17, 15) is 4.79 Å². The number of aromatic nitrogens is 2. The van der Waals surface area contributed by atoms with Gasteiger partial charge in [-0.1, -0.05) is 23.2 Å². The van der Waals surface area contributed by atoms with Crippen LogP contribution < -0.4 is 11.1 Å². The Hall–Kier alpha value is -1.85. The second-order valence-corrected chi connectivity index (χ2v) is 4.27. The van der Waals surface area contributed by atoms with E-state index in [1.54, 1.807) is 18.2 Å². The highest BCUT2D eigenvalue weighted by atomic mass is 35.5. The van der Waals surface area contributed by atoms with Crippen molar-refractivity contribution in [3.05, 3.63) is 46.1 Å². The quantitative estimate of drug-likeness (QED) is 0.887. The van der Waals surface area contributed by atoms with E-state index < -0.39 is 5.91 Å². The van der Waals surface area contributed by atoms with Crippen LogP contribution in [0.3, 0.4) is 0 Å². The molecule has 0 saturated heterocycles. The lowest BCUT2D eigenvalue weighted by molar-refractivity contribution is 0.102. The van der Waals surface area contributed by atoms with Crippen molar-refractivity contribution in [2.45, 2.75) is 0 Å². The van der Waals surface area contributed by atoms with Crippen LogP contribution in [0.25, 0.3) is 0 Å². The third-order valence-corrected chi connectivity index (χ3v) is 2.66. The second kappa shape index (κ2) is 5.20. The molecule has 0 saturated carbocycles. The SMILES string of the molecule is Nc1ccc(C(=O)Nc2cc(Cl)ccc2Cl)nn1. The average Bonchev–Trinajstić information content (AvgIpc) is 2.34. The van der Waals surface area contributed by atoms with Crippen LogP contribution in [0.4, 0.5) is 11.5 Å². The third-order valence-electron chi connectivity index (χ3n) is 2.09. The summed E-state index contributed by atoms with van der Waals surface area (Å²) in [5, 5.41) is 10.7. The summed E-state index contributed by atoms with van der Waals surface area (Å²) in [5.41, 5.74) is 5.93. The molecule has 7 heteroatoms. The molecule has 0 aliphatic carbocycles. The number of nitrogens with zero attached hydrogens (tertiary/aromatic N) is 2. The minimum absolute atomic E-state index is 0.139. The topological polar surface area (TPSA) is 80.9 Å². The molecule has 0 spiro atoms. The molecule has 1 aromatic carbocycles. The van der Waals surface area contributed by atoms with Crippen molar-refractivity contribution in [1.82, 2.24) is 10.2 Å². The van der Waals surface area contributed by atoms with Crippen molar-refractivity contribution < 1.29 is 4.79 Å². The largest absolute Gasteiger partial charge is 0.382 e. The summed E-state index contributed by atoms with van der Waals surface area (Å²) in [5.74, 6) is -0.195. The predicted molar refractivity (Wildman–Crippen MR) is 70.9 cm³/mol. The number of amides is 1. The van der Waals surface area contributed by atoms with Gasteiger partial charge in [-0.15, -0.1) is 10.2 Å². The monoisotopic (exact) mass is 282 g/mol. The van der Waals surface area contributed by atoms with Gasteiger partial charge in [0.2, 0.25) is 0 Å². The molecule has 0 radical (unpaired) electrons. The second-order valence-electron chi connectivity index (χ2n) is 3.42. The summed E-state index contributed by atoms with van der Waals surface area (Å²) in [6, 6.07) is 7.72. The number of carbonyl (C=O) groups is 1. The Morgan fingerprint density at radius 1 is 1.17 bits per heavy atom. The highest BCUT2D eigenvalue weighted by Crippen LogP contribution is 2.25. The molecule has 92 valence electrons. The molecule has 0 unspecified atom stereocenters. The molecule has 2 rings (SSSR count). The van der Waals surface area contributed by atoms with Gasteiger partial charge in [-0.3, -0.25) is 4.79 Å². The van der Waals surface area contributed by atoms with Crippen molar-refractivity contribution in [1.29, 1.82) is 0 Å². The summed E-state index contributed by atoms with van der Waals surface area (Å²) in [4.78, 5) is 11.8. The molecule has 0 aliphatic heterocycles. The zero-order valence-electron chi connectivity index (χ0n) is 9.02. The number of halogens is 2. The summed E-state index contributed by atoms with van der Waals surface area (Å²) in [6.45, 7) is 0. The number of nitrogens with two attached hydrogens (primary N) is 1. The lowest BCUT2D eigenvalue weighted by atomic mass is 10.3. The first-order valence-electron chi connectivity index (χ1n) is 4.92. The summed E-state index contributed by atoms with van der Waals surface area (Å²) >= 11 is 11.7. The lowest BCUT2D eigenvalue weighted by Gasteiger charge is -2.06. The van der Waals surface area contributed by atoms with Gasteiger partial charge in [0.1, 0.15) is 5.82 Å². The molecule has 0 fully saturated rings. The molecule has 1 heterocycles. The Morgan fingerprint density at radius 3 is 2.61 bits per heavy atom. The highest BCUT2D eigenvalue weighted by Gasteiger charge is 2.10. The van der Waals surface area contributed by atoms with Crippen LogP contribution >= 0.6 is 23.2 Å². The van der Waals surface area contributed by atoms with E-state index in [1.807, 2.05) is 0 Å². The first-order chi connectivity index (χ1) is 8.56. The van der Waals surface area contributed by atoms with Gasteiger partial charge >= 0.3 is 0 Å². The number of hydrogen-bond acceptors (Lipinski definition) is 4. The number of benzene rings is 1. The van der Waals surface area contributed by atoms with E-state index in [0.717, 1.165) is 0 Å². The smallest absolute Gasteiger partial charge is 0.276 e. The highest BCUT2D eigenvalue weighted by molar-refractivity contribution is 6.35. The molecule has 2 aromatic rings. The van der Waals surface area contributed by atoms with E-state index in [2.05, 4.69) is 15.5 Å². The molecule has 1 amide bonds. The van der Waals surface area contributed by atoms with Crippen LogP contribution in [0, 0.1) is 0 Å². The van der Waals surface area contributed by atoms with E-state index in [4.69, 9.17) is 28.9 Å². The van der Waals surface area contributed by atoms with Crippen LogP contribution in [0.5, 0.6) is 0 Å². The van der Waals surface area contributed by atoms with Gasteiger partial charge in [-0.25, -0.2) is 0 Å². The molecular weight excluding hydrogens is 275 g/mol. The Bertz CT molecular complexity index is 586. The summed E-state index contributed by atoms with van der Waals surface area (Å²) < 4.78 is 0. The standard InChI is InChI=1S/C11H8Cl2N4O/c12-6-1-2-7(13)9(5-6)15-11(18)8-3-4-10(14)17-16-8/h1-5H,(H2,14,17)(H,15,18). The van der Waals surface area contributed by atoms with Crippen molar-refractivity contribution in [2.75, 3.05) is 11.1 Å². The van der Waals surface area contributed by atoms with Gasteiger partial charge in [0.05, 0.1) is 10.7 Å². The van der Waals surface area contributed by atoms with Gasteiger partial charge in [-0.05, 0) is 30.3 Å². The maximum atomic E-state index is 11.8. The van der Waals surface area contributed by atoms with E-state index in [-0.39, 0.29) is 11.5 Å². The van der Waals surface area contributed by atoms with E-state index >= 15 is 0 Å². The minimum atomic E-state index is -0.438. The Balaban J connectivity index is 2.21. The molecule has 18 heavy (non-hydrogen) atoms. The predicted octanol–water partition coefficient (Wildman–Crippen LogP) is 2.62. The van der Waals surface area contributed by atoms with Crippen LogP contribution in [-0.4, -0.2) is 16.1 Å². The Labute approximate surface area is 113 Å². The van der Waals surface area contributed by atoms with E-state index in [1.165, 1.54) is 12.1 Å². The van der Waals surface area contributed by atoms with Gasteiger partial charge in [0.25, 0.3) is 5.91 Å². The third kappa shape index (κ3) is 2.88. The zero-order chi connectivity index (χ0) is 13.1. The van der Waals surface area contributed by atoms with Crippen molar-refractivity contribution >= 4 is 40.6 Å². The van der Waals surface area contributed by atoms with Crippen LogP contribution in [-0.2, 0) is 0 Å². The van der Waals surface area contributed by atoms with Crippen LogP contribution in [0.15, 0.2) is 30.3 Å². The van der Waals surface area contributed by atoms with Gasteiger partial charge < -0.3 is 11.1 Å². The van der Waals surface area contributed by atoms with Gasteiger partial charge in [-0.2, -0.15) is 0 Å². The molecule has 3 N–H and O–H groups in total. The minimum Gasteiger partial charge on any atom is -0.382 e. The van der Waals surface area contributed by atoms with Crippen molar-refractivity contribution in [2.24, 2.45) is 0 Å². The fourth-order valence-corrected chi connectivity index (χ4v) is 1.58. The van der Waals surface area contributed by atoms with Gasteiger partial charge in [0.15, 0.2) is 5.69 Å². The number of nitrogens with one attached hydrogen (secondary N) is 1. The van der Waals surface area contributed by atoms with Gasteiger partial charge in [0, 0.05) is 5.02 Å². The molecule has 1 aromatic heterocycles. The summed E-state index contributed by atoms with van der Waals surface area (Å²) in [7, 11) is 0. The number of hydrogen-bond donors (Lipinski definition) is 2. The van der Waals surface area contributed by atoms with Crippen LogP contribution in [0.2, 0.25) is 10.0 Å². The molecular formula is C11H8Cl2N4O. The van der Waals surface area contributed by atoms with Crippen LogP contribution in [0.1, 0.15) is 10.5 Å². The number of carbonyl (C=O) groups excluding carboxylic acids is 1.